The Morgan fingerprint density at radius 1 is 1.11 bits per heavy atom. The van der Waals surface area contributed by atoms with E-state index in [1.165, 1.54) is 18.1 Å². The molecule has 0 saturated heterocycles. The molecule has 0 aliphatic carbocycles. The van der Waals surface area contributed by atoms with Gasteiger partial charge in [-0.25, -0.2) is 0 Å². The number of hydrogen-bond acceptors (Lipinski definition) is 2. The summed E-state index contributed by atoms with van der Waals surface area (Å²) < 4.78 is 5.01. The van der Waals surface area contributed by atoms with Crippen LogP contribution in [0.5, 0.6) is 0 Å². The summed E-state index contributed by atoms with van der Waals surface area (Å²) in [7, 11) is 0. The Labute approximate surface area is 107 Å². The molecular formula is C16H16O2. The normalized spacial score (nSPS) is 10.1. The summed E-state index contributed by atoms with van der Waals surface area (Å²) in [4.78, 5) is 10.8. The number of ether oxygens (including phenoxy) is 1. The highest BCUT2D eigenvalue weighted by atomic mass is 16.5. The average molecular weight is 240 g/mol. The van der Waals surface area contributed by atoms with Gasteiger partial charge >= 0.3 is 5.97 Å². The van der Waals surface area contributed by atoms with Crippen molar-refractivity contribution in [2.24, 2.45) is 0 Å². The molecule has 2 nitrogen and oxygen atoms in total. The summed E-state index contributed by atoms with van der Waals surface area (Å²) in [5.41, 5.74) is 4.60. The molecule has 0 heterocycles. The zero-order chi connectivity index (χ0) is 13.0. The van der Waals surface area contributed by atoms with Crippen LogP contribution in [-0.4, -0.2) is 5.97 Å². The second-order valence-electron chi connectivity index (χ2n) is 4.30. The highest BCUT2D eigenvalue weighted by Gasteiger charge is 2.03. The molecule has 0 amide bonds. The minimum atomic E-state index is -0.253. The first-order valence-electron chi connectivity index (χ1n) is 5.95. The van der Waals surface area contributed by atoms with Crippen LogP contribution < -0.4 is 0 Å². The fraction of sp³-hybridized carbons (Fsp3) is 0.188. The van der Waals surface area contributed by atoms with Gasteiger partial charge in [0.05, 0.1) is 0 Å². The summed E-state index contributed by atoms with van der Waals surface area (Å²) in [6.07, 6.45) is 0. The minimum Gasteiger partial charge on any atom is -0.461 e. The Morgan fingerprint density at radius 3 is 2.61 bits per heavy atom. The Balaban J connectivity index is 2.27. The van der Waals surface area contributed by atoms with Gasteiger partial charge in [-0.2, -0.15) is 0 Å². The van der Waals surface area contributed by atoms with Gasteiger partial charge in [0.2, 0.25) is 0 Å². The molecule has 0 unspecified atom stereocenters. The van der Waals surface area contributed by atoms with E-state index in [0.717, 1.165) is 11.1 Å². The number of rotatable bonds is 3. The lowest BCUT2D eigenvalue weighted by atomic mass is 9.99. The van der Waals surface area contributed by atoms with Crippen molar-refractivity contribution >= 4 is 5.97 Å². The van der Waals surface area contributed by atoms with Gasteiger partial charge in [-0.3, -0.25) is 4.79 Å². The van der Waals surface area contributed by atoms with Crippen molar-refractivity contribution in [3.63, 3.8) is 0 Å². The van der Waals surface area contributed by atoms with Crippen LogP contribution in [0, 0.1) is 6.92 Å². The Kier molecular flexibility index (Phi) is 3.78. The monoisotopic (exact) mass is 240 g/mol. The van der Waals surface area contributed by atoms with Crippen LogP contribution in [0.4, 0.5) is 0 Å². The third-order valence-corrected chi connectivity index (χ3v) is 2.83. The summed E-state index contributed by atoms with van der Waals surface area (Å²) in [5, 5.41) is 0. The van der Waals surface area contributed by atoms with E-state index in [1.54, 1.807) is 0 Å². The van der Waals surface area contributed by atoms with Crippen molar-refractivity contribution in [1.29, 1.82) is 0 Å². The quantitative estimate of drug-likeness (QED) is 0.764. The van der Waals surface area contributed by atoms with E-state index in [4.69, 9.17) is 4.74 Å². The van der Waals surface area contributed by atoms with E-state index >= 15 is 0 Å². The molecule has 0 N–H and O–H groups in total. The third-order valence-electron chi connectivity index (χ3n) is 2.83. The van der Waals surface area contributed by atoms with Crippen molar-refractivity contribution < 1.29 is 9.53 Å². The van der Waals surface area contributed by atoms with E-state index in [0.29, 0.717) is 6.61 Å². The van der Waals surface area contributed by atoms with E-state index < -0.39 is 0 Å². The maximum atomic E-state index is 10.8. The van der Waals surface area contributed by atoms with Crippen molar-refractivity contribution in [2.45, 2.75) is 20.5 Å². The van der Waals surface area contributed by atoms with Crippen LogP contribution in [0.25, 0.3) is 11.1 Å². The minimum absolute atomic E-state index is 0.253. The fourth-order valence-corrected chi connectivity index (χ4v) is 1.91. The summed E-state index contributed by atoms with van der Waals surface area (Å²) >= 11 is 0. The lowest BCUT2D eigenvalue weighted by molar-refractivity contribution is -0.142. The number of aryl methyl sites for hydroxylation is 1. The first-order chi connectivity index (χ1) is 8.66. The van der Waals surface area contributed by atoms with E-state index in [1.807, 2.05) is 24.3 Å². The maximum Gasteiger partial charge on any atom is 0.302 e. The number of benzene rings is 2. The molecule has 2 rings (SSSR count). The standard InChI is InChI=1S/C16H16O2/c1-12-6-3-4-9-16(12)15-8-5-7-14(10-15)11-18-13(2)17/h3-10H,11H2,1-2H3. The number of esters is 1. The summed E-state index contributed by atoms with van der Waals surface area (Å²) in [6, 6.07) is 16.3. The first-order valence-corrected chi connectivity index (χ1v) is 5.95. The van der Waals surface area contributed by atoms with Crippen LogP contribution >= 0.6 is 0 Å². The Bertz CT molecular complexity index is 559. The molecule has 0 aromatic heterocycles. The molecule has 0 fully saturated rings. The zero-order valence-electron chi connectivity index (χ0n) is 10.6. The third kappa shape index (κ3) is 2.98. The molecule has 0 aliphatic rings. The molecule has 18 heavy (non-hydrogen) atoms. The highest BCUT2D eigenvalue weighted by molar-refractivity contribution is 5.68. The molecule has 2 aromatic carbocycles. The lowest BCUT2D eigenvalue weighted by Gasteiger charge is -2.08. The van der Waals surface area contributed by atoms with Crippen LogP contribution in [-0.2, 0) is 16.1 Å². The smallest absolute Gasteiger partial charge is 0.302 e. The van der Waals surface area contributed by atoms with Gasteiger partial charge in [-0.05, 0) is 35.2 Å². The van der Waals surface area contributed by atoms with Gasteiger partial charge in [0.1, 0.15) is 6.61 Å². The Hall–Kier alpha value is -2.09. The molecule has 2 aromatic rings. The predicted octanol–water partition coefficient (Wildman–Crippen LogP) is 3.73. The topological polar surface area (TPSA) is 26.3 Å². The zero-order valence-corrected chi connectivity index (χ0v) is 10.6. The molecule has 0 bridgehead atoms. The van der Waals surface area contributed by atoms with E-state index in [2.05, 4.69) is 31.2 Å². The van der Waals surface area contributed by atoms with Gasteiger partial charge in [0.25, 0.3) is 0 Å². The predicted molar refractivity (Wildman–Crippen MR) is 72.1 cm³/mol. The molecule has 0 aliphatic heterocycles. The molecule has 0 radical (unpaired) electrons. The van der Waals surface area contributed by atoms with Gasteiger partial charge < -0.3 is 4.74 Å². The van der Waals surface area contributed by atoms with E-state index in [9.17, 15) is 4.79 Å². The molecule has 0 saturated carbocycles. The fourth-order valence-electron chi connectivity index (χ4n) is 1.91. The second kappa shape index (κ2) is 5.50. The second-order valence-corrected chi connectivity index (χ2v) is 4.30. The van der Waals surface area contributed by atoms with Crippen molar-refractivity contribution in [3.05, 3.63) is 59.7 Å². The van der Waals surface area contributed by atoms with Gasteiger partial charge in [-0.15, -0.1) is 0 Å². The number of hydrogen-bond donors (Lipinski definition) is 0. The lowest BCUT2D eigenvalue weighted by Crippen LogP contribution is -1.98. The van der Waals surface area contributed by atoms with Crippen molar-refractivity contribution in [2.75, 3.05) is 0 Å². The van der Waals surface area contributed by atoms with Crippen LogP contribution in [0.1, 0.15) is 18.1 Å². The molecular weight excluding hydrogens is 224 g/mol. The number of carbonyl (C=O) groups excluding carboxylic acids is 1. The largest absolute Gasteiger partial charge is 0.461 e. The molecule has 0 atom stereocenters. The molecule has 92 valence electrons. The molecule has 2 heteroatoms. The van der Waals surface area contributed by atoms with Crippen LogP contribution in [0.15, 0.2) is 48.5 Å². The van der Waals surface area contributed by atoms with Crippen LogP contribution in [0.3, 0.4) is 0 Å². The summed E-state index contributed by atoms with van der Waals surface area (Å²) in [5.74, 6) is -0.253. The SMILES string of the molecule is CC(=O)OCc1cccc(-c2ccccc2C)c1. The number of carbonyl (C=O) groups is 1. The van der Waals surface area contributed by atoms with E-state index in [-0.39, 0.29) is 5.97 Å². The van der Waals surface area contributed by atoms with Crippen molar-refractivity contribution in [3.8, 4) is 11.1 Å². The Morgan fingerprint density at radius 2 is 1.89 bits per heavy atom. The maximum absolute atomic E-state index is 10.8. The van der Waals surface area contributed by atoms with Crippen LogP contribution in [0.2, 0.25) is 0 Å². The van der Waals surface area contributed by atoms with Crippen molar-refractivity contribution in [1.82, 2.24) is 0 Å². The average Bonchev–Trinajstić information content (AvgIpc) is 2.37. The molecule has 0 spiro atoms. The van der Waals surface area contributed by atoms with Gasteiger partial charge in [0, 0.05) is 6.92 Å². The van der Waals surface area contributed by atoms with Gasteiger partial charge in [-0.1, -0.05) is 42.5 Å². The summed E-state index contributed by atoms with van der Waals surface area (Å²) in [6.45, 7) is 3.84. The van der Waals surface area contributed by atoms with Gasteiger partial charge in [0.15, 0.2) is 0 Å². The highest BCUT2D eigenvalue weighted by Crippen LogP contribution is 2.24. The first kappa shape index (κ1) is 12.4.